The number of hydrogen-bond donors (Lipinski definition) is 2. The molecule has 0 radical (unpaired) electrons. The number of thiazole rings is 1. The van der Waals surface area contributed by atoms with Gasteiger partial charge in [-0.3, -0.25) is 10.1 Å². The Balaban J connectivity index is 2.22. The number of primary sulfonamides is 1. The standard InChI is InChI=1S/C10H13N5O3S3/c1-3-4-6-7(20-15-14-6)8(16)13-10-12-5(2)9(19-10)21(11,17)18/h3-4H2,1-2H3,(H2,11,17,18)(H,12,13,16). The van der Waals surface area contributed by atoms with Crippen molar-refractivity contribution in [3.05, 3.63) is 16.3 Å². The van der Waals surface area contributed by atoms with Gasteiger partial charge in [-0.05, 0) is 24.9 Å². The molecule has 114 valence electrons. The molecule has 0 atom stereocenters. The summed E-state index contributed by atoms with van der Waals surface area (Å²) in [5.41, 5.74) is 0.883. The van der Waals surface area contributed by atoms with Crippen LogP contribution in [0.1, 0.15) is 34.4 Å². The number of nitrogens with zero attached hydrogens (tertiary/aromatic N) is 3. The Bertz CT molecular complexity index is 765. The third-order valence-corrected chi connectivity index (χ3v) is 5.88. The summed E-state index contributed by atoms with van der Waals surface area (Å²) in [6.45, 7) is 3.49. The number of anilines is 1. The van der Waals surface area contributed by atoms with E-state index < -0.39 is 15.9 Å². The fraction of sp³-hybridized carbons (Fsp3) is 0.400. The van der Waals surface area contributed by atoms with Crippen molar-refractivity contribution in [1.29, 1.82) is 0 Å². The SMILES string of the molecule is CCCc1nnsc1C(=O)Nc1nc(C)c(S(N)(=O)=O)s1. The quantitative estimate of drug-likeness (QED) is 0.835. The molecule has 11 heteroatoms. The maximum atomic E-state index is 12.1. The van der Waals surface area contributed by atoms with Crippen LogP contribution in [0.3, 0.4) is 0 Å². The largest absolute Gasteiger partial charge is 0.297 e. The van der Waals surface area contributed by atoms with Gasteiger partial charge in [-0.25, -0.2) is 18.5 Å². The topological polar surface area (TPSA) is 128 Å². The van der Waals surface area contributed by atoms with Gasteiger partial charge in [0.1, 0.15) is 4.88 Å². The van der Waals surface area contributed by atoms with Crippen molar-refractivity contribution in [2.24, 2.45) is 5.14 Å². The van der Waals surface area contributed by atoms with Gasteiger partial charge >= 0.3 is 0 Å². The van der Waals surface area contributed by atoms with E-state index in [1.165, 1.54) is 6.92 Å². The van der Waals surface area contributed by atoms with Crippen molar-refractivity contribution >= 4 is 43.9 Å². The number of aryl methyl sites for hydroxylation is 2. The molecule has 0 unspecified atom stereocenters. The van der Waals surface area contributed by atoms with Gasteiger partial charge in [-0.1, -0.05) is 29.2 Å². The molecule has 0 aromatic carbocycles. The molecule has 3 N–H and O–H groups in total. The van der Waals surface area contributed by atoms with Crippen LogP contribution in [-0.4, -0.2) is 28.9 Å². The summed E-state index contributed by atoms with van der Waals surface area (Å²) >= 11 is 1.81. The molecular weight excluding hydrogens is 334 g/mol. The van der Waals surface area contributed by atoms with E-state index in [2.05, 4.69) is 19.9 Å². The lowest BCUT2D eigenvalue weighted by Gasteiger charge is -1.99. The second kappa shape index (κ2) is 6.13. The molecule has 0 saturated carbocycles. The number of carbonyl (C=O) groups is 1. The van der Waals surface area contributed by atoms with Crippen LogP contribution in [0.2, 0.25) is 0 Å². The van der Waals surface area contributed by atoms with Gasteiger partial charge in [-0.15, -0.1) is 5.10 Å². The van der Waals surface area contributed by atoms with Gasteiger partial charge in [0.15, 0.2) is 9.34 Å². The Kier molecular flexibility index (Phi) is 4.66. The molecule has 0 aliphatic heterocycles. The highest BCUT2D eigenvalue weighted by molar-refractivity contribution is 7.91. The second-order valence-electron chi connectivity index (χ2n) is 4.19. The van der Waals surface area contributed by atoms with Gasteiger partial charge in [0.25, 0.3) is 5.91 Å². The first-order valence-corrected chi connectivity index (χ1v) is 9.09. The minimum absolute atomic E-state index is 0.0611. The molecular formula is C10H13N5O3S3. The van der Waals surface area contributed by atoms with Crippen LogP contribution < -0.4 is 10.5 Å². The molecule has 0 saturated heterocycles. The minimum atomic E-state index is -3.84. The van der Waals surface area contributed by atoms with Crippen molar-refractivity contribution in [3.8, 4) is 0 Å². The normalized spacial score (nSPS) is 11.6. The van der Waals surface area contributed by atoms with Crippen LogP contribution in [-0.2, 0) is 16.4 Å². The van der Waals surface area contributed by atoms with Gasteiger partial charge < -0.3 is 0 Å². The third-order valence-electron chi connectivity index (χ3n) is 2.48. The van der Waals surface area contributed by atoms with Crippen LogP contribution in [0.4, 0.5) is 5.13 Å². The second-order valence-corrected chi connectivity index (χ2v) is 7.70. The lowest BCUT2D eigenvalue weighted by molar-refractivity contribution is 0.102. The van der Waals surface area contributed by atoms with Crippen molar-refractivity contribution in [2.75, 3.05) is 5.32 Å². The summed E-state index contributed by atoms with van der Waals surface area (Å²) in [5.74, 6) is -0.400. The number of carbonyl (C=O) groups excluding carboxylic acids is 1. The molecule has 0 fully saturated rings. The molecule has 21 heavy (non-hydrogen) atoms. The summed E-state index contributed by atoms with van der Waals surface area (Å²) in [6, 6.07) is 0. The number of rotatable bonds is 5. The lowest BCUT2D eigenvalue weighted by atomic mass is 10.2. The molecule has 2 aromatic rings. The van der Waals surface area contributed by atoms with Gasteiger partial charge in [0, 0.05) is 0 Å². The maximum Gasteiger partial charge on any atom is 0.271 e. The van der Waals surface area contributed by atoms with Gasteiger partial charge in [-0.2, -0.15) is 0 Å². The fourth-order valence-electron chi connectivity index (χ4n) is 1.64. The number of hydrogen-bond acceptors (Lipinski definition) is 8. The summed E-state index contributed by atoms with van der Waals surface area (Å²) in [6.07, 6.45) is 1.50. The minimum Gasteiger partial charge on any atom is -0.297 e. The molecule has 0 bridgehead atoms. The van der Waals surface area contributed by atoms with E-state index in [-0.39, 0.29) is 15.0 Å². The molecule has 0 aliphatic carbocycles. The monoisotopic (exact) mass is 347 g/mol. The smallest absolute Gasteiger partial charge is 0.271 e. The molecule has 2 heterocycles. The maximum absolute atomic E-state index is 12.1. The zero-order chi connectivity index (χ0) is 15.6. The summed E-state index contributed by atoms with van der Waals surface area (Å²) < 4.78 is 26.4. The van der Waals surface area contributed by atoms with Crippen LogP contribution in [0.5, 0.6) is 0 Å². The van der Waals surface area contributed by atoms with Crippen molar-refractivity contribution in [1.82, 2.24) is 14.6 Å². The zero-order valence-electron chi connectivity index (χ0n) is 11.3. The van der Waals surface area contributed by atoms with Gasteiger partial charge in [0.05, 0.1) is 11.4 Å². The highest BCUT2D eigenvalue weighted by Crippen LogP contribution is 2.26. The first-order valence-electron chi connectivity index (χ1n) is 5.95. The molecule has 0 spiro atoms. The fourth-order valence-corrected chi connectivity index (χ4v) is 4.09. The van der Waals surface area contributed by atoms with E-state index in [4.69, 9.17) is 5.14 Å². The van der Waals surface area contributed by atoms with Crippen LogP contribution >= 0.6 is 22.9 Å². The predicted octanol–water partition coefficient (Wildman–Crippen LogP) is 1.16. The number of nitrogens with one attached hydrogen (secondary N) is 1. The molecule has 1 amide bonds. The van der Waals surface area contributed by atoms with E-state index in [1.807, 2.05) is 6.92 Å². The van der Waals surface area contributed by atoms with Crippen molar-refractivity contribution in [2.45, 2.75) is 30.9 Å². The van der Waals surface area contributed by atoms with Gasteiger partial charge in [0.2, 0.25) is 10.0 Å². The van der Waals surface area contributed by atoms with Crippen LogP contribution in [0.15, 0.2) is 4.21 Å². The molecule has 0 aliphatic rings. The lowest BCUT2D eigenvalue weighted by Crippen LogP contribution is -2.12. The van der Waals surface area contributed by atoms with Crippen LogP contribution in [0, 0.1) is 6.92 Å². The van der Waals surface area contributed by atoms with E-state index in [0.29, 0.717) is 17.0 Å². The Labute approximate surface area is 129 Å². The predicted molar refractivity (Wildman–Crippen MR) is 80.1 cm³/mol. The Morgan fingerprint density at radius 2 is 2.14 bits per heavy atom. The van der Waals surface area contributed by atoms with Crippen LogP contribution in [0.25, 0.3) is 0 Å². The number of aromatic nitrogens is 3. The zero-order valence-corrected chi connectivity index (χ0v) is 13.7. The molecule has 8 nitrogen and oxygen atoms in total. The summed E-state index contributed by atoms with van der Waals surface area (Å²) in [7, 11) is -3.84. The average Bonchev–Trinajstić information content (AvgIpc) is 2.95. The number of sulfonamides is 1. The van der Waals surface area contributed by atoms with E-state index >= 15 is 0 Å². The highest BCUT2D eigenvalue weighted by Gasteiger charge is 2.21. The number of nitrogens with two attached hydrogens (primary N) is 1. The van der Waals surface area contributed by atoms with Crippen molar-refractivity contribution in [3.63, 3.8) is 0 Å². The Morgan fingerprint density at radius 3 is 2.71 bits per heavy atom. The highest BCUT2D eigenvalue weighted by atomic mass is 32.2. The van der Waals surface area contributed by atoms with E-state index in [1.54, 1.807) is 0 Å². The Morgan fingerprint density at radius 1 is 1.43 bits per heavy atom. The Hall–Kier alpha value is -1.43. The molecule has 2 rings (SSSR count). The first kappa shape index (κ1) is 15.9. The summed E-state index contributed by atoms with van der Waals surface area (Å²) in [4.78, 5) is 16.5. The molecule has 2 aromatic heterocycles. The third kappa shape index (κ3) is 3.61. The average molecular weight is 347 g/mol. The van der Waals surface area contributed by atoms with Crippen molar-refractivity contribution < 1.29 is 13.2 Å². The summed E-state index contributed by atoms with van der Waals surface area (Å²) in [5, 5.41) is 11.7. The first-order chi connectivity index (χ1) is 9.82. The number of amides is 1. The van der Waals surface area contributed by atoms with E-state index in [9.17, 15) is 13.2 Å². The van der Waals surface area contributed by atoms with E-state index in [0.717, 1.165) is 29.3 Å².